The number of nitrogens with zero attached hydrogens (tertiary/aromatic N) is 3. The minimum atomic E-state index is -0.384. The van der Waals surface area contributed by atoms with Gasteiger partial charge in [0.15, 0.2) is 11.0 Å². The van der Waals surface area contributed by atoms with Gasteiger partial charge in [0, 0.05) is 16.9 Å². The van der Waals surface area contributed by atoms with E-state index < -0.39 is 0 Å². The standard InChI is InChI=1S/C27H28N4O2S/c1-17-14-18(2)24(19(3)15-17)28-26(32)20(4)34-27-30-29-25(21-10-9-13-23(16-21)33-5)31(27)22-11-7-6-8-12-22/h6-16,20H,1-5H3,(H,28,32). The summed E-state index contributed by atoms with van der Waals surface area (Å²) in [6.45, 7) is 7.97. The highest BCUT2D eigenvalue weighted by atomic mass is 32.2. The number of aromatic nitrogens is 3. The molecule has 0 bridgehead atoms. The van der Waals surface area contributed by atoms with Gasteiger partial charge in [0.1, 0.15) is 5.75 Å². The van der Waals surface area contributed by atoms with Gasteiger partial charge in [0.05, 0.1) is 12.4 Å². The number of carbonyl (C=O) groups is 1. The van der Waals surface area contributed by atoms with Crippen molar-refractivity contribution in [2.45, 2.75) is 38.1 Å². The summed E-state index contributed by atoms with van der Waals surface area (Å²) in [5.74, 6) is 1.35. The third kappa shape index (κ3) is 4.99. The summed E-state index contributed by atoms with van der Waals surface area (Å²) in [6.07, 6.45) is 0. The maximum absolute atomic E-state index is 13.1. The van der Waals surface area contributed by atoms with E-state index >= 15 is 0 Å². The number of thioether (sulfide) groups is 1. The third-order valence-electron chi connectivity index (χ3n) is 5.55. The lowest BCUT2D eigenvalue weighted by molar-refractivity contribution is -0.115. The third-order valence-corrected chi connectivity index (χ3v) is 6.60. The van der Waals surface area contributed by atoms with Gasteiger partial charge in [0.2, 0.25) is 5.91 Å². The van der Waals surface area contributed by atoms with E-state index in [2.05, 4.69) is 34.6 Å². The van der Waals surface area contributed by atoms with Gasteiger partial charge in [-0.2, -0.15) is 0 Å². The molecule has 0 aliphatic heterocycles. The van der Waals surface area contributed by atoms with Gasteiger partial charge < -0.3 is 10.1 Å². The monoisotopic (exact) mass is 472 g/mol. The zero-order valence-electron chi connectivity index (χ0n) is 20.0. The van der Waals surface area contributed by atoms with Crippen LogP contribution < -0.4 is 10.1 Å². The maximum atomic E-state index is 13.1. The molecule has 3 aromatic carbocycles. The zero-order valence-corrected chi connectivity index (χ0v) is 20.8. The van der Waals surface area contributed by atoms with Crippen molar-refractivity contribution >= 4 is 23.4 Å². The maximum Gasteiger partial charge on any atom is 0.237 e. The van der Waals surface area contributed by atoms with Crippen molar-refractivity contribution in [3.63, 3.8) is 0 Å². The Balaban J connectivity index is 1.65. The lowest BCUT2D eigenvalue weighted by atomic mass is 10.1. The average molecular weight is 473 g/mol. The van der Waals surface area contributed by atoms with Gasteiger partial charge in [-0.3, -0.25) is 9.36 Å². The smallest absolute Gasteiger partial charge is 0.237 e. The Morgan fingerprint density at radius 1 is 0.971 bits per heavy atom. The van der Waals surface area contributed by atoms with Crippen molar-refractivity contribution in [1.29, 1.82) is 0 Å². The number of nitrogens with one attached hydrogen (secondary N) is 1. The number of ether oxygens (including phenoxy) is 1. The molecule has 0 spiro atoms. The molecule has 174 valence electrons. The zero-order chi connectivity index (χ0) is 24.2. The second-order valence-corrected chi connectivity index (χ2v) is 9.54. The van der Waals surface area contributed by atoms with E-state index in [1.54, 1.807) is 7.11 Å². The molecule has 4 aromatic rings. The lowest BCUT2D eigenvalue weighted by Gasteiger charge is -2.17. The first-order valence-corrected chi connectivity index (χ1v) is 12.0. The van der Waals surface area contributed by atoms with Crippen molar-refractivity contribution in [3.8, 4) is 22.8 Å². The summed E-state index contributed by atoms with van der Waals surface area (Å²) in [5.41, 5.74) is 5.95. The van der Waals surface area contributed by atoms with Crippen molar-refractivity contribution in [1.82, 2.24) is 14.8 Å². The van der Waals surface area contributed by atoms with E-state index in [1.807, 2.05) is 79.9 Å². The fraction of sp³-hybridized carbons (Fsp3) is 0.222. The van der Waals surface area contributed by atoms with Crippen LogP contribution in [0.3, 0.4) is 0 Å². The molecule has 1 amide bonds. The minimum Gasteiger partial charge on any atom is -0.497 e. The molecule has 1 unspecified atom stereocenters. The van der Waals surface area contributed by atoms with E-state index in [0.717, 1.165) is 33.8 Å². The lowest BCUT2D eigenvalue weighted by Crippen LogP contribution is -2.24. The number of aryl methyl sites for hydroxylation is 3. The molecule has 1 heterocycles. The summed E-state index contributed by atoms with van der Waals surface area (Å²) in [5, 5.41) is 12.3. The SMILES string of the molecule is COc1cccc(-c2nnc(SC(C)C(=O)Nc3c(C)cc(C)cc3C)n2-c2ccccc2)c1. The van der Waals surface area contributed by atoms with Crippen molar-refractivity contribution in [2.75, 3.05) is 12.4 Å². The predicted molar refractivity (Wildman–Crippen MR) is 138 cm³/mol. The van der Waals surface area contributed by atoms with Gasteiger partial charge in [-0.1, -0.05) is 59.8 Å². The van der Waals surface area contributed by atoms with Crippen LogP contribution in [0.15, 0.2) is 71.9 Å². The Bertz CT molecular complexity index is 1290. The molecule has 34 heavy (non-hydrogen) atoms. The normalized spacial score (nSPS) is 11.8. The van der Waals surface area contributed by atoms with E-state index in [0.29, 0.717) is 11.0 Å². The summed E-state index contributed by atoms with van der Waals surface area (Å²) in [7, 11) is 1.64. The molecule has 0 aliphatic carbocycles. The first kappa shape index (κ1) is 23.6. The Morgan fingerprint density at radius 2 is 1.68 bits per heavy atom. The Kier molecular flexibility index (Phi) is 7.03. The van der Waals surface area contributed by atoms with E-state index in [-0.39, 0.29) is 11.2 Å². The second kappa shape index (κ2) is 10.1. The van der Waals surface area contributed by atoms with E-state index in [9.17, 15) is 4.79 Å². The predicted octanol–water partition coefficient (Wildman–Crippen LogP) is 5.99. The highest BCUT2D eigenvalue weighted by molar-refractivity contribution is 8.00. The molecular formula is C27H28N4O2S. The number of hydrogen-bond acceptors (Lipinski definition) is 5. The van der Waals surface area contributed by atoms with Crippen LogP contribution in [0.2, 0.25) is 0 Å². The number of methoxy groups -OCH3 is 1. The Morgan fingerprint density at radius 3 is 2.35 bits per heavy atom. The number of para-hydroxylation sites is 1. The van der Waals surface area contributed by atoms with Crippen LogP contribution in [0.25, 0.3) is 17.1 Å². The molecule has 7 heteroatoms. The average Bonchev–Trinajstić information content (AvgIpc) is 3.25. The highest BCUT2D eigenvalue weighted by Gasteiger charge is 2.23. The highest BCUT2D eigenvalue weighted by Crippen LogP contribution is 2.32. The molecular weight excluding hydrogens is 444 g/mol. The number of hydrogen-bond donors (Lipinski definition) is 1. The first-order valence-electron chi connectivity index (χ1n) is 11.1. The summed E-state index contributed by atoms with van der Waals surface area (Å²) < 4.78 is 7.37. The quantitative estimate of drug-likeness (QED) is 0.335. The van der Waals surface area contributed by atoms with Gasteiger partial charge in [-0.15, -0.1) is 10.2 Å². The van der Waals surface area contributed by atoms with E-state index in [4.69, 9.17) is 4.74 Å². The van der Waals surface area contributed by atoms with E-state index in [1.165, 1.54) is 17.3 Å². The Hall–Kier alpha value is -3.58. The van der Waals surface area contributed by atoms with Crippen LogP contribution in [-0.4, -0.2) is 33.0 Å². The summed E-state index contributed by atoms with van der Waals surface area (Å²) >= 11 is 1.38. The Labute approximate surface area is 204 Å². The molecule has 0 aliphatic rings. The van der Waals surface area contributed by atoms with Crippen LogP contribution >= 0.6 is 11.8 Å². The molecule has 1 atom stereocenters. The molecule has 6 nitrogen and oxygen atoms in total. The molecule has 0 fully saturated rings. The largest absolute Gasteiger partial charge is 0.497 e. The van der Waals surface area contributed by atoms with Crippen LogP contribution in [0.5, 0.6) is 5.75 Å². The first-order chi connectivity index (χ1) is 16.4. The molecule has 4 rings (SSSR count). The van der Waals surface area contributed by atoms with Crippen molar-refractivity contribution < 1.29 is 9.53 Å². The van der Waals surface area contributed by atoms with Gasteiger partial charge in [-0.05, 0) is 63.1 Å². The molecule has 1 N–H and O–H groups in total. The number of rotatable bonds is 7. The number of anilines is 1. The second-order valence-electron chi connectivity index (χ2n) is 8.23. The summed E-state index contributed by atoms with van der Waals surface area (Å²) in [6, 6.07) is 21.8. The molecule has 1 aromatic heterocycles. The van der Waals surface area contributed by atoms with Crippen LogP contribution in [0, 0.1) is 20.8 Å². The number of amides is 1. The van der Waals surface area contributed by atoms with Crippen LogP contribution in [-0.2, 0) is 4.79 Å². The fourth-order valence-corrected chi connectivity index (χ4v) is 4.79. The van der Waals surface area contributed by atoms with Crippen molar-refractivity contribution in [3.05, 3.63) is 83.4 Å². The molecule has 0 saturated carbocycles. The topological polar surface area (TPSA) is 69.0 Å². The van der Waals surface area contributed by atoms with Crippen molar-refractivity contribution in [2.24, 2.45) is 0 Å². The van der Waals surface area contributed by atoms with Gasteiger partial charge in [-0.25, -0.2) is 0 Å². The minimum absolute atomic E-state index is 0.0782. The summed E-state index contributed by atoms with van der Waals surface area (Å²) in [4.78, 5) is 13.1. The number of carbonyl (C=O) groups excluding carboxylic acids is 1. The fourth-order valence-electron chi connectivity index (χ4n) is 3.92. The van der Waals surface area contributed by atoms with Crippen LogP contribution in [0.4, 0.5) is 5.69 Å². The molecule has 0 radical (unpaired) electrons. The van der Waals surface area contributed by atoms with Gasteiger partial charge in [0.25, 0.3) is 0 Å². The molecule has 0 saturated heterocycles. The van der Waals surface area contributed by atoms with Crippen LogP contribution in [0.1, 0.15) is 23.6 Å². The number of benzene rings is 3. The van der Waals surface area contributed by atoms with Gasteiger partial charge >= 0.3 is 0 Å².